The molecule has 4 N–H and O–H groups in total. The maximum absolute atomic E-state index is 12.5. The molecule has 0 spiro atoms. The van der Waals surface area contributed by atoms with Crippen molar-refractivity contribution in [2.75, 3.05) is 37.2 Å². The molecule has 0 bridgehead atoms. The highest BCUT2D eigenvalue weighted by Gasteiger charge is 2.13. The lowest BCUT2D eigenvalue weighted by molar-refractivity contribution is 0.0947. The second kappa shape index (κ2) is 11.4. The molecule has 33 heavy (non-hydrogen) atoms. The zero-order chi connectivity index (χ0) is 23.8. The van der Waals surface area contributed by atoms with Gasteiger partial charge >= 0.3 is 0 Å². The van der Waals surface area contributed by atoms with Crippen LogP contribution in [-0.2, 0) is 0 Å². The maximum Gasteiger partial charge on any atom is 0.255 e. The highest BCUT2D eigenvalue weighted by molar-refractivity contribution is 6.33. The summed E-state index contributed by atoms with van der Waals surface area (Å²) in [5.41, 5.74) is 9.09. The van der Waals surface area contributed by atoms with Crippen molar-refractivity contribution in [3.05, 3.63) is 76.9 Å². The fourth-order valence-corrected chi connectivity index (χ4v) is 3.60. The van der Waals surface area contributed by atoms with Gasteiger partial charge in [0.25, 0.3) is 11.8 Å². The quantitative estimate of drug-likeness (QED) is 0.409. The molecule has 8 heteroatoms. The van der Waals surface area contributed by atoms with E-state index in [0.29, 0.717) is 39.8 Å². The Bertz CT molecular complexity index is 1110. The van der Waals surface area contributed by atoms with E-state index < -0.39 is 0 Å². The fraction of sp³-hybridized carbons (Fsp3) is 0.240. The van der Waals surface area contributed by atoms with Crippen molar-refractivity contribution >= 4 is 34.8 Å². The molecule has 3 aromatic rings. The second-order valence-electron chi connectivity index (χ2n) is 7.46. The molecule has 0 saturated heterocycles. The Morgan fingerprint density at radius 1 is 1.00 bits per heavy atom. The zero-order valence-electron chi connectivity index (χ0n) is 18.8. The summed E-state index contributed by atoms with van der Waals surface area (Å²) < 4.78 is 0. The third-order valence-corrected chi connectivity index (χ3v) is 5.63. The molecular weight excluding hydrogens is 438 g/mol. The van der Waals surface area contributed by atoms with Crippen molar-refractivity contribution in [2.45, 2.75) is 13.8 Å². The van der Waals surface area contributed by atoms with Gasteiger partial charge < -0.3 is 21.3 Å². The minimum absolute atomic E-state index is 0.213. The summed E-state index contributed by atoms with van der Waals surface area (Å²) in [4.78, 5) is 31.5. The number of nitrogens with two attached hydrogens (primary N) is 1. The van der Waals surface area contributed by atoms with Crippen molar-refractivity contribution in [3.8, 4) is 11.3 Å². The third-order valence-electron chi connectivity index (χ3n) is 5.34. The lowest BCUT2D eigenvalue weighted by Gasteiger charge is -2.18. The van der Waals surface area contributed by atoms with Crippen LogP contribution in [0.1, 0.15) is 34.6 Å². The van der Waals surface area contributed by atoms with Gasteiger partial charge in [-0.05, 0) is 43.4 Å². The number of hydrogen-bond donors (Lipinski definition) is 3. The van der Waals surface area contributed by atoms with Crippen LogP contribution in [0.5, 0.6) is 0 Å². The fourth-order valence-electron chi connectivity index (χ4n) is 3.33. The molecule has 2 aromatic carbocycles. The molecule has 2 amide bonds. The molecule has 1 heterocycles. The smallest absolute Gasteiger partial charge is 0.255 e. The third kappa shape index (κ3) is 6.31. The summed E-state index contributed by atoms with van der Waals surface area (Å²) in [7, 11) is 0. The van der Waals surface area contributed by atoms with Crippen molar-refractivity contribution in [1.29, 1.82) is 0 Å². The number of para-hydroxylation sites is 2. The van der Waals surface area contributed by atoms with E-state index in [-0.39, 0.29) is 11.8 Å². The van der Waals surface area contributed by atoms with Crippen molar-refractivity contribution < 1.29 is 9.59 Å². The first-order chi connectivity index (χ1) is 15.9. The summed E-state index contributed by atoms with van der Waals surface area (Å²) >= 11 is 6.42. The molecular formula is C25H28ClN5O2. The molecule has 172 valence electrons. The van der Waals surface area contributed by atoms with Gasteiger partial charge in [-0.2, -0.15) is 0 Å². The molecule has 0 unspecified atom stereocenters. The molecule has 1 aromatic heterocycles. The van der Waals surface area contributed by atoms with E-state index in [4.69, 9.17) is 17.3 Å². The van der Waals surface area contributed by atoms with Gasteiger partial charge in [0.2, 0.25) is 0 Å². The number of anilines is 2. The van der Waals surface area contributed by atoms with Crippen LogP contribution in [0.3, 0.4) is 0 Å². The molecule has 0 fully saturated rings. The molecule has 0 aliphatic rings. The highest BCUT2D eigenvalue weighted by Crippen LogP contribution is 2.27. The van der Waals surface area contributed by atoms with Crippen LogP contribution in [0.15, 0.2) is 60.8 Å². The van der Waals surface area contributed by atoms with E-state index in [9.17, 15) is 9.59 Å². The largest absolute Gasteiger partial charge is 0.397 e. The molecule has 0 saturated carbocycles. The number of amides is 2. The molecule has 0 atom stereocenters. The van der Waals surface area contributed by atoms with Gasteiger partial charge in [0.15, 0.2) is 0 Å². The molecule has 0 aliphatic heterocycles. The Morgan fingerprint density at radius 3 is 2.33 bits per heavy atom. The van der Waals surface area contributed by atoms with E-state index in [0.717, 1.165) is 25.2 Å². The molecule has 3 rings (SSSR count). The number of halogens is 1. The van der Waals surface area contributed by atoms with E-state index in [2.05, 4.69) is 34.4 Å². The number of benzene rings is 2. The molecule has 0 aliphatic carbocycles. The summed E-state index contributed by atoms with van der Waals surface area (Å²) in [6, 6.07) is 15.6. The minimum Gasteiger partial charge on any atom is -0.397 e. The number of aromatic nitrogens is 1. The number of rotatable bonds is 9. The Hall–Kier alpha value is -3.42. The van der Waals surface area contributed by atoms with Gasteiger partial charge in [0.05, 0.1) is 27.7 Å². The average Bonchev–Trinajstić information content (AvgIpc) is 2.83. The Kier molecular flexibility index (Phi) is 8.40. The van der Waals surface area contributed by atoms with E-state index in [1.807, 2.05) is 0 Å². The summed E-state index contributed by atoms with van der Waals surface area (Å²) in [5, 5.41) is 6.05. The Balaban J connectivity index is 1.65. The first-order valence-electron chi connectivity index (χ1n) is 10.8. The maximum atomic E-state index is 12.5. The number of hydrogen-bond acceptors (Lipinski definition) is 5. The normalized spacial score (nSPS) is 10.8. The standard InChI is InChI=1S/C25H28ClN5O2/c1-3-31(4-2)14-13-28-24(32)19-15-20(26)23(29-16-19)17-9-11-18(12-10-17)25(33)30-22-8-6-5-7-21(22)27/h5-12,15-16H,3-4,13-14,27H2,1-2H3,(H,28,32)(H,30,33). The highest BCUT2D eigenvalue weighted by atomic mass is 35.5. The topological polar surface area (TPSA) is 100 Å². The average molecular weight is 466 g/mol. The van der Waals surface area contributed by atoms with Gasteiger partial charge in [-0.15, -0.1) is 0 Å². The molecule has 0 radical (unpaired) electrons. The minimum atomic E-state index is -0.268. The number of carbonyl (C=O) groups is 2. The zero-order valence-corrected chi connectivity index (χ0v) is 19.5. The number of nitrogens with zero attached hydrogens (tertiary/aromatic N) is 2. The van der Waals surface area contributed by atoms with Gasteiger partial charge in [-0.25, -0.2) is 0 Å². The van der Waals surface area contributed by atoms with Crippen LogP contribution in [0, 0.1) is 0 Å². The number of carbonyl (C=O) groups excluding carboxylic acids is 2. The summed E-state index contributed by atoms with van der Waals surface area (Å²) in [6.45, 7) is 7.40. The lowest BCUT2D eigenvalue weighted by atomic mass is 10.1. The summed E-state index contributed by atoms with van der Waals surface area (Å²) in [6.07, 6.45) is 1.51. The van der Waals surface area contributed by atoms with Crippen LogP contribution in [0.4, 0.5) is 11.4 Å². The van der Waals surface area contributed by atoms with Crippen LogP contribution < -0.4 is 16.4 Å². The first-order valence-corrected chi connectivity index (χ1v) is 11.2. The van der Waals surface area contributed by atoms with Crippen molar-refractivity contribution in [2.24, 2.45) is 0 Å². The van der Waals surface area contributed by atoms with Gasteiger partial charge in [-0.1, -0.05) is 49.7 Å². The van der Waals surface area contributed by atoms with E-state index in [1.54, 1.807) is 54.6 Å². The number of nitrogen functional groups attached to an aromatic ring is 1. The van der Waals surface area contributed by atoms with Gasteiger partial charge in [-0.3, -0.25) is 14.6 Å². The Morgan fingerprint density at radius 2 is 1.70 bits per heavy atom. The van der Waals surface area contributed by atoms with Gasteiger partial charge in [0, 0.05) is 30.4 Å². The van der Waals surface area contributed by atoms with Crippen LogP contribution in [0.2, 0.25) is 5.02 Å². The molecule has 7 nitrogen and oxygen atoms in total. The Labute approximate surface area is 199 Å². The second-order valence-corrected chi connectivity index (χ2v) is 7.86. The van der Waals surface area contributed by atoms with Crippen LogP contribution in [-0.4, -0.2) is 47.9 Å². The lowest BCUT2D eigenvalue weighted by Crippen LogP contribution is -2.34. The van der Waals surface area contributed by atoms with Gasteiger partial charge in [0.1, 0.15) is 0 Å². The van der Waals surface area contributed by atoms with E-state index >= 15 is 0 Å². The SMILES string of the molecule is CCN(CC)CCNC(=O)c1cnc(-c2ccc(C(=O)Nc3ccccc3N)cc2)c(Cl)c1. The predicted molar refractivity (Wildman–Crippen MR) is 134 cm³/mol. The van der Waals surface area contributed by atoms with Crippen LogP contribution in [0.25, 0.3) is 11.3 Å². The van der Waals surface area contributed by atoms with Crippen molar-refractivity contribution in [1.82, 2.24) is 15.2 Å². The monoisotopic (exact) mass is 465 g/mol. The van der Waals surface area contributed by atoms with Crippen molar-refractivity contribution in [3.63, 3.8) is 0 Å². The number of pyridine rings is 1. The number of nitrogens with one attached hydrogen (secondary N) is 2. The summed E-state index contributed by atoms with van der Waals surface area (Å²) in [5.74, 6) is -0.481. The predicted octanol–water partition coefficient (Wildman–Crippen LogP) is 4.31. The van der Waals surface area contributed by atoms with Crippen LogP contribution >= 0.6 is 11.6 Å². The van der Waals surface area contributed by atoms with E-state index in [1.165, 1.54) is 6.20 Å². The first kappa shape index (κ1) is 24.2. The number of likely N-dealkylation sites (N-methyl/N-ethyl adjacent to an activating group) is 1.